The van der Waals surface area contributed by atoms with Crippen molar-refractivity contribution in [1.82, 2.24) is 5.32 Å². The van der Waals surface area contributed by atoms with Crippen LogP contribution >= 0.6 is 0 Å². The summed E-state index contributed by atoms with van der Waals surface area (Å²) in [6, 6.07) is 13.9. The second-order valence-corrected chi connectivity index (χ2v) is 6.81. The van der Waals surface area contributed by atoms with E-state index in [1.165, 1.54) is 12.7 Å². The van der Waals surface area contributed by atoms with E-state index in [-0.39, 0.29) is 5.91 Å². The zero-order valence-electron chi connectivity index (χ0n) is 16.5. The van der Waals surface area contributed by atoms with Crippen molar-refractivity contribution in [2.45, 2.75) is 45.8 Å². The van der Waals surface area contributed by atoms with E-state index in [9.17, 15) is 9.59 Å². The van der Waals surface area contributed by atoms with Gasteiger partial charge in [0.1, 0.15) is 5.75 Å². The number of aryl methyl sites for hydroxylation is 1. The molecule has 2 atom stereocenters. The summed E-state index contributed by atoms with van der Waals surface area (Å²) < 4.78 is 10.6. The van der Waals surface area contributed by atoms with E-state index in [0.717, 1.165) is 5.56 Å². The van der Waals surface area contributed by atoms with Crippen LogP contribution in [0.2, 0.25) is 0 Å². The van der Waals surface area contributed by atoms with Crippen LogP contribution in [0.4, 0.5) is 0 Å². The number of carbonyl (C=O) groups is 2. The number of rotatable bonds is 7. The van der Waals surface area contributed by atoms with Gasteiger partial charge in [-0.25, -0.2) is 4.79 Å². The first-order valence-corrected chi connectivity index (χ1v) is 9.03. The van der Waals surface area contributed by atoms with E-state index in [0.29, 0.717) is 17.2 Å². The fourth-order valence-corrected chi connectivity index (χ4v) is 2.93. The third-order valence-electron chi connectivity index (χ3n) is 4.40. The SMILES string of the molecule is COC(=O)C(NC(=O)C(C)Oc1ccc(C(C)C)c(C)c1)c1ccccc1. The number of methoxy groups -OCH3 is 1. The molecule has 0 heterocycles. The van der Waals surface area contributed by atoms with E-state index in [2.05, 4.69) is 19.2 Å². The Hall–Kier alpha value is -2.82. The number of carbonyl (C=O) groups excluding carboxylic acids is 2. The van der Waals surface area contributed by atoms with Crippen molar-refractivity contribution in [3.63, 3.8) is 0 Å². The Morgan fingerprint density at radius 1 is 1.00 bits per heavy atom. The van der Waals surface area contributed by atoms with Crippen molar-refractivity contribution in [2.75, 3.05) is 7.11 Å². The summed E-state index contributed by atoms with van der Waals surface area (Å²) in [6.07, 6.45) is -0.759. The second kappa shape index (κ2) is 9.21. The summed E-state index contributed by atoms with van der Waals surface area (Å²) in [7, 11) is 1.30. The highest BCUT2D eigenvalue weighted by molar-refractivity contribution is 5.87. The van der Waals surface area contributed by atoms with Crippen LogP contribution in [0.5, 0.6) is 5.75 Å². The number of ether oxygens (including phenoxy) is 2. The van der Waals surface area contributed by atoms with E-state index < -0.39 is 18.1 Å². The van der Waals surface area contributed by atoms with Crippen LogP contribution in [-0.2, 0) is 14.3 Å². The lowest BCUT2D eigenvalue weighted by atomic mass is 9.98. The highest BCUT2D eigenvalue weighted by atomic mass is 16.5. The zero-order chi connectivity index (χ0) is 20.0. The topological polar surface area (TPSA) is 64.6 Å². The van der Waals surface area contributed by atoms with E-state index in [1.807, 2.05) is 31.2 Å². The number of hydrogen-bond acceptors (Lipinski definition) is 4. The normalized spacial score (nSPS) is 13.0. The molecule has 27 heavy (non-hydrogen) atoms. The molecule has 0 saturated carbocycles. The molecular formula is C22H27NO4. The number of amides is 1. The second-order valence-electron chi connectivity index (χ2n) is 6.81. The molecule has 0 bridgehead atoms. The summed E-state index contributed by atoms with van der Waals surface area (Å²) >= 11 is 0. The molecule has 5 heteroatoms. The Morgan fingerprint density at radius 3 is 2.22 bits per heavy atom. The van der Waals surface area contributed by atoms with Crippen LogP contribution < -0.4 is 10.1 Å². The molecule has 2 aromatic rings. The van der Waals surface area contributed by atoms with Crippen LogP contribution in [-0.4, -0.2) is 25.1 Å². The Balaban J connectivity index is 2.09. The fourth-order valence-electron chi connectivity index (χ4n) is 2.93. The maximum absolute atomic E-state index is 12.6. The van der Waals surface area contributed by atoms with Gasteiger partial charge in [0, 0.05) is 0 Å². The van der Waals surface area contributed by atoms with E-state index in [4.69, 9.17) is 9.47 Å². The molecule has 5 nitrogen and oxygen atoms in total. The Kier molecular flexibility index (Phi) is 6.99. The molecule has 0 radical (unpaired) electrons. The number of esters is 1. The minimum atomic E-state index is -0.875. The quantitative estimate of drug-likeness (QED) is 0.752. The van der Waals surface area contributed by atoms with Gasteiger partial charge in [0.2, 0.25) is 0 Å². The van der Waals surface area contributed by atoms with Gasteiger partial charge >= 0.3 is 5.97 Å². The van der Waals surface area contributed by atoms with Gasteiger partial charge in [-0.3, -0.25) is 4.79 Å². The highest BCUT2D eigenvalue weighted by Gasteiger charge is 2.26. The van der Waals surface area contributed by atoms with Crippen molar-refractivity contribution in [3.05, 3.63) is 65.2 Å². The lowest BCUT2D eigenvalue weighted by molar-refractivity contribution is -0.146. The Labute approximate surface area is 160 Å². The highest BCUT2D eigenvalue weighted by Crippen LogP contribution is 2.24. The summed E-state index contributed by atoms with van der Waals surface area (Å²) in [5, 5.41) is 2.71. The molecule has 0 saturated heterocycles. The van der Waals surface area contributed by atoms with Crippen LogP contribution in [0.3, 0.4) is 0 Å². The van der Waals surface area contributed by atoms with Gasteiger partial charge in [0.05, 0.1) is 7.11 Å². The molecule has 0 fully saturated rings. The molecule has 2 rings (SSSR count). The first-order chi connectivity index (χ1) is 12.8. The number of benzene rings is 2. The van der Waals surface area contributed by atoms with Crippen molar-refractivity contribution >= 4 is 11.9 Å². The summed E-state index contributed by atoms with van der Waals surface area (Å²) in [4.78, 5) is 24.7. The maximum Gasteiger partial charge on any atom is 0.333 e. The van der Waals surface area contributed by atoms with Crippen molar-refractivity contribution in [3.8, 4) is 5.75 Å². The molecule has 0 spiro atoms. The number of nitrogens with one attached hydrogen (secondary N) is 1. The molecule has 2 unspecified atom stereocenters. The third-order valence-corrected chi connectivity index (χ3v) is 4.40. The van der Waals surface area contributed by atoms with E-state index in [1.54, 1.807) is 31.2 Å². The standard InChI is InChI=1S/C22H27NO4/c1-14(2)19-12-11-18(13-15(19)3)27-16(4)21(24)23-20(22(25)26-5)17-9-7-6-8-10-17/h6-14,16,20H,1-5H3,(H,23,24). The first-order valence-electron chi connectivity index (χ1n) is 9.03. The third kappa shape index (κ3) is 5.33. The lowest BCUT2D eigenvalue weighted by Crippen LogP contribution is -2.41. The first kappa shape index (κ1) is 20.5. The van der Waals surface area contributed by atoms with Crippen molar-refractivity contribution in [2.24, 2.45) is 0 Å². The van der Waals surface area contributed by atoms with Gasteiger partial charge in [0.15, 0.2) is 12.1 Å². The molecular weight excluding hydrogens is 342 g/mol. The van der Waals surface area contributed by atoms with Crippen LogP contribution in [0.1, 0.15) is 49.4 Å². The predicted octanol–water partition coefficient (Wildman–Crippen LogP) is 3.92. The minimum absolute atomic E-state index is 0.389. The van der Waals surface area contributed by atoms with Crippen molar-refractivity contribution < 1.29 is 19.1 Å². The fraction of sp³-hybridized carbons (Fsp3) is 0.364. The minimum Gasteiger partial charge on any atom is -0.481 e. The molecule has 0 aliphatic carbocycles. The van der Waals surface area contributed by atoms with Gasteiger partial charge in [-0.1, -0.05) is 50.2 Å². The van der Waals surface area contributed by atoms with Crippen LogP contribution in [0.15, 0.2) is 48.5 Å². The van der Waals surface area contributed by atoms with Crippen LogP contribution in [0.25, 0.3) is 0 Å². The average Bonchev–Trinajstić information content (AvgIpc) is 2.65. The maximum atomic E-state index is 12.6. The summed E-state index contributed by atoms with van der Waals surface area (Å²) in [5.74, 6) is 0.124. The molecule has 0 aliphatic heterocycles. The van der Waals surface area contributed by atoms with E-state index >= 15 is 0 Å². The Morgan fingerprint density at radius 2 is 1.67 bits per heavy atom. The molecule has 1 N–H and O–H groups in total. The number of hydrogen-bond donors (Lipinski definition) is 1. The zero-order valence-corrected chi connectivity index (χ0v) is 16.5. The summed E-state index contributed by atoms with van der Waals surface area (Å²) in [6.45, 7) is 7.95. The smallest absolute Gasteiger partial charge is 0.333 e. The van der Waals surface area contributed by atoms with Gasteiger partial charge in [0.25, 0.3) is 5.91 Å². The predicted molar refractivity (Wildman–Crippen MR) is 105 cm³/mol. The Bertz CT molecular complexity index is 786. The monoisotopic (exact) mass is 369 g/mol. The molecule has 2 aromatic carbocycles. The lowest BCUT2D eigenvalue weighted by Gasteiger charge is -2.21. The van der Waals surface area contributed by atoms with Crippen LogP contribution in [0, 0.1) is 6.92 Å². The van der Waals surface area contributed by atoms with Crippen molar-refractivity contribution in [1.29, 1.82) is 0 Å². The largest absolute Gasteiger partial charge is 0.481 e. The van der Waals surface area contributed by atoms with Gasteiger partial charge in [-0.2, -0.15) is 0 Å². The molecule has 144 valence electrons. The average molecular weight is 369 g/mol. The molecule has 1 amide bonds. The van der Waals surface area contributed by atoms with Gasteiger partial charge in [-0.15, -0.1) is 0 Å². The molecule has 0 aromatic heterocycles. The molecule has 0 aliphatic rings. The summed E-state index contributed by atoms with van der Waals surface area (Å²) in [5.41, 5.74) is 3.02. The van der Waals surface area contributed by atoms with Gasteiger partial charge in [-0.05, 0) is 48.6 Å². The van der Waals surface area contributed by atoms with Gasteiger partial charge < -0.3 is 14.8 Å².